The number of piperazine rings is 1. The van der Waals surface area contributed by atoms with Crippen molar-refractivity contribution in [1.82, 2.24) is 24.8 Å². The molecule has 0 radical (unpaired) electrons. The summed E-state index contributed by atoms with van der Waals surface area (Å²) < 4.78 is 31.6. The monoisotopic (exact) mass is 462 g/mol. The van der Waals surface area contributed by atoms with Crippen LogP contribution in [0.4, 0.5) is 20.4 Å². The molecule has 34 heavy (non-hydrogen) atoms. The second-order valence-corrected chi connectivity index (χ2v) is 8.53. The maximum atomic E-state index is 15.0. The molecule has 174 valence electrons. The fourth-order valence-corrected chi connectivity index (χ4v) is 4.06. The molecule has 4 aromatic rings. The minimum absolute atomic E-state index is 0.0317. The number of amides is 1. The number of halogens is 2. The minimum atomic E-state index is -0.662. The van der Waals surface area contributed by atoms with E-state index in [9.17, 15) is 13.6 Å². The maximum Gasteiger partial charge on any atom is 0.234 e. The second kappa shape index (κ2) is 8.83. The Kier molecular flexibility index (Phi) is 5.70. The van der Waals surface area contributed by atoms with Crippen molar-refractivity contribution in [2.24, 2.45) is 0 Å². The van der Waals surface area contributed by atoms with Crippen LogP contribution in [-0.2, 0) is 11.3 Å². The number of hydrogen-bond acceptors (Lipinski definition) is 5. The number of rotatable bonds is 5. The Balaban J connectivity index is 1.44. The van der Waals surface area contributed by atoms with Crippen molar-refractivity contribution in [3.63, 3.8) is 0 Å². The lowest BCUT2D eigenvalue weighted by Gasteiger charge is -2.26. The zero-order valence-corrected chi connectivity index (χ0v) is 18.9. The van der Waals surface area contributed by atoms with Crippen LogP contribution < -0.4 is 10.6 Å². The number of nitrogens with one attached hydrogen (secondary N) is 2. The van der Waals surface area contributed by atoms with Crippen LogP contribution in [0.3, 0.4) is 0 Å². The molecular weight excluding hydrogens is 438 g/mol. The van der Waals surface area contributed by atoms with Gasteiger partial charge < -0.3 is 15.2 Å². The zero-order valence-electron chi connectivity index (χ0n) is 18.9. The van der Waals surface area contributed by atoms with E-state index in [1.165, 1.54) is 17.7 Å². The summed E-state index contributed by atoms with van der Waals surface area (Å²) >= 11 is 0. The molecule has 0 unspecified atom stereocenters. The van der Waals surface area contributed by atoms with E-state index in [-0.39, 0.29) is 24.6 Å². The number of hydrogen-bond donors (Lipinski definition) is 2. The summed E-state index contributed by atoms with van der Waals surface area (Å²) in [7, 11) is 0. The van der Waals surface area contributed by atoms with Gasteiger partial charge >= 0.3 is 0 Å². The van der Waals surface area contributed by atoms with E-state index in [2.05, 4.69) is 20.6 Å². The van der Waals surface area contributed by atoms with Gasteiger partial charge in [-0.1, -0.05) is 6.07 Å². The number of carbonyl (C=O) groups excluding carboxylic acids is 1. The molecule has 9 heteroatoms. The largest absolute Gasteiger partial charge is 0.354 e. The third-order valence-electron chi connectivity index (χ3n) is 6.09. The van der Waals surface area contributed by atoms with Crippen LogP contribution in [0.5, 0.6) is 0 Å². The van der Waals surface area contributed by atoms with Crippen molar-refractivity contribution in [2.75, 3.05) is 25.0 Å². The average Bonchev–Trinajstić information content (AvgIpc) is 3.22. The van der Waals surface area contributed by atoms with E-state index in [1.54, 1.807) is 27.9 Å². The van der Waals surface area contributed by atoms with E-state index in [0.717, 1.165) is 16.6 Å². The van der Waals surface area contributed by atoms with E-state index in [1.807, 2.05) is 32.0 Å². The van der Waals surface area contributed by atoms with Crippen LogP contribution in [0.1, 0.15) is 16.7 Å². The second-order valence-electron chi connectivity index (χ2n) is 8.53. The fourth-order valence-electron chi connectivity index (χ4n) is 4.06. The Morgan fingerprint density at radius 2 is 1.88 bits per heavy atom. The molecule has 7 nitrogen and oxygen atoms in total. The lowest BCUT2D eigenvalue weighted by atomic mass is 10.1. The first-order valence-corrected chi connectivity index (χ1v) is 11.0. The molecule has 1 aliphatic heterocycles. The molecule has 2 N–H and O–H groups in total. The van der Waals surface area contributed by atoms with Crippen LogP contribution in [-0.4, -0.2) is 45.0 Å². The maximum absolute atomic E-state index is 15.0. The number of carbonyl (C=O) groups is 1. The predicted octanol–water partition coefficient (Wildman–Crippen LogP) is 3.99. The van der Waals surface area contributed by atoms with E-state index in [0.29, 0.717) is 30.4 Å². The van der Waals surface area contributed by atoms with Gasteiger partial charge in [-0.05, 0) is 55.3 Å². The first-order chi connectivity index (χ1) is 16.4. The van der Waals surface area contributed by atoms with Gasteiger partial charge in [-0.15, -0.1) is 0 Å². The smallest absolute Gasteiger partial charge is 0.234 e. The van der Waals surface area contributed by atoms with Crippen LogP contribution in [0.15, 0.2) is 48.8 Å². The third-order valence-corrected chi connectivity index (χ3v) is 6.09. The van der Waals surface area contributed by atoms with Gasteiger partial charge in [0.15, 0.2) is 0 Å². The van der Waals surface area contributed by atoms with E-state index >= 15 is 0 Å². The summed E-state index contributed by atoms with van der Waals surface area (Å²) in [5.74, 6) is -1.08. The lowest BCUT2D eigenvalue weighted by molar-refractivity contribution is -0.124. The van der Waals surface area contributed by atoms with Gasteiger partial charge in [0.1, 0.15) is 17.3 Å². The normalized spacial score (nSPS) is 14.4. The van der Waals surface area contributed by atoms with Crippen molar-refractivity contribution in [3.8, 4) is 5.69 Å². The summed E-state index contributed by atoms with van der Waals surface area (Å²) in [6.07, 6.45) is 3.38. The molecular formula is C25H24F2N6O. The van der Waals surface area contributed by atoms with Crippen LogP contribution in [0.25, 0.3) is 16.7 Å². The van der Waals surface area contributed by atoms with Gasteiger partial charge in [0.25, 0.3) is 0 Å². The molecule has 5 rings (SSSR count). The van der Waals surface area contributed by atoms with Crippen LogP contribution in [0.2, 0.25) is 0 Å². The zero-order chi connectivity index (χ0) is 23.8. The summed E-state index contributed by atoms with van der Waals surface area (Å²) in [5, 5.41) is 6.64. The van der Waals surface area contributed by atoms with Gasteiger partial charge in [-0.25, -0.2) is 13.8 Å². The summed E-state index contributed by atoms with van der Waals surface area (Å²) in [6.45, 7) is 5.24. The van der Waals surface area contributed by atoms with Crippen molar-refractivity contribution in [1.29, 1.82) is 0 Å². The number of anilines is 2. The van der Waals surface area contributed by atoms with Crippen LogP contribution >= 0.6 is 0 Å². The highest BCUT2D eigenvalue weighted by atomic mass is 19.1. The molecule has 0 aliphatic carbocycles. The molecule has 1 fully saturated rings. The number of fused-ring (bicyclic) bond motifs is 1. The molecule has 3 heterocycles. The van der Waals surface area contributed by atoms with E-state index < -0.39 is 11.6 Å². The van der Waals surface area contributed by atoms with Crippen molar-refractivity contribution in [2.45, 2.75) is 20.4 Å². The first-order valence-electron chi connectivity index (χ1n) is 11.0. The molecule has 2 aromatic carbocycles. The van der Waals surface area contributed by atoms with Gasteiger partial charge in [-0.2, -0.15) is 4.98 Å². The quantitative estimate of drug-likeness (QED) is 0.469. The average molecular weight is 463 g/mol. The van der Waals surface area contributed by atoms with Gasteiger partial charge in [0.2, 0.25) is 11.9 Å². The summed E-state index contributed by atoms with van der Waals surface area (Å²) in [5.41, 5.74) is 3.98. The highest BCUT2D eigenvalue weighted by Crippen LogP contribution is 2.25. The van der Waals surface area contributed by atoms with E-state index in [4.69, 9.17) is 0 Å². The number of nitrogens with zero attached hydrogens (tertiary/aromatic N) is 4. The van der Waals surface area contributed by atoms with Crippen molar-refractivity contribution in [3.05, 3.63) is 77.1 Å². The Morgan fingerprint density at radius 1 is 1.09 bits per heavy atom. The molecule has 0 atom stereocenters. The van der Waals surface area contributed by atoms with Gasteiger partial charge in [0, 0.05) is 48.7 Å². The molecule has 0 spiro atoms. The van der Waals surface area contributed by atoms with Crippen LogP contribution in [0, 0.1) is 25.5 Å². The Bertz CT molecular complexity index is 1380. The fraction of sp³-hybridized carbons (Fsp3) is 0.240. The third kappa shape index (κ3) is 4.34. The summed E-state index contributed by atoms with van der Waals surface area (Å²) in [6, 6.07) is 10.4. The molecule has 1 saturated heterocycles. The Morgan fingerprint density at radius 3 is 2.62 bits per heavy atom. The summed E-state index contributed by atoms with van der Waals surface area (Å²) in [4.78, 5) is 22.3. The predicted molar refractivity (Wildman–Crippen MR) is 126 cm³/mol. The number of aryl methyl sites for hydroxylation is 2. The van der Waals surface area contributed by atoms with Gasteiger partial charge in [0.05, 0.1) is 12.2 Å². The van der Waals surface area contributed by atoms with Crippen molar-refractivity contribution >= 4 is 28.6 Å². The Hall–Kier alpha value is -3.85. The van der Waals surface area contributed by atoms with Gasteiger partial charge in [-0.3, -0.25) is 9.69 Å². The SMILES string of the molecule is Cc1ccc(Nc2ncc3ccn(-c4cc(F)c(CN5CCNC(=O)C5)c(F)c4)c3n2)cc1C. The highest BCUT2D eigenvalue weighted by Gasteiger charge is 2.21. The molecule has 0 saturated carbocycles. The minimum Gasteiger partial charge on any atom is -0.354 e. The van der Waals surface area contributed by atoms with Crippen molar-refractivity contribution < 1.29 is 13.6 Å². The molecule has 1 amide bonds. The standard InChI is InChI=1S/C25H24F2N6O/c1-15-3-4-18(9-16(15)2)30-25-29-12-17-5-7-33(24(17)31-25)19-10-21(26)20(22(27)11-19)13-32-8-6-28-23(34)14-32/h3-5,7,9-12H,6,8,13-14H2,1-2H3,(H,28,34)(H,29,30,31). The topological polar surface area (TPSA) is 75.1 Å². The number of benzene rings is 2. The Labute approximate surface area is 195 Å². The molecule has 0 bridgehead atoms. The first kappa shape index (κ1) is 22.0. The lowest BCUT2D eigenvalue weighted by Crippen LogP contribution is -2.47. The molecule has 1 aliphatic rings. The number of aromatic nitrogens is 3. The molecule has 2 aromatic heterocycles. The highest BCUT2D eigenvalue weighted by molar-refractivity contribution is 5.79.